The number of likely N-dealkylation sites (N-methyl/N-ethyl adjacent to an activating group) is 1. The highest BCUT2D eigenvalue weighted by Crippen LogP contribution is 2.33. The number of aliphatic hydroxyl groups excluding tert-OH is 1. The number of nitrogens with zero attached hydrogens (tertiary/aromatic N) is 2. The molecule has 0 aromatic heterocycles. The van der Waals surface area contributed by atoms with Gasteiger partial charge in [0.15, 0.2) is 11.5 Å². The molecular weight excluding hydrogens is 534 g/mol. The van der Waals surface area contributed by atoms with Crippen molar-refractivity contribution in [3.63, 3.8) is 0 Å². The molecule has 0 aliphatic carbocycles. The molecule has 2 aromatic carbocycles. The van der Waals surface area contributed by atoms with Gasteiger partial charge in [0, 0.05) is 33.8 Å². The molecule has 38 heavy (non-hydrogen) atoms. The van der Waals surface area contributed by atoms with Gasteiger partial charge in [0.05, 0.1) is 28.7 Å². The number of benzene rings is 2. The first kappa shape index (κ1) is 29.8. The molecule has 3 rings (SSSR count). The fourth-order valence-corrected chi connectivity index (χ4v) is 6.16. The van der Waals surface area contributed by atoms with Gasteiger partial charge in [0.2, 0.25) is 26.0 Å². The Bertz CT molecular complexity index is 1320. The Labute approximate surface area is 224 Å². The van der Waals surface area contributed by atoms with Crippen LogP contribution in [0.15, 0.2) is 53.4 Å². The predicted molar refractivity (Wildman–Crippen MR) is 142 cm³/mol. The first-order valence-electron chi connectivity index (χ1n) is 12.1. The average Bonchev–Trinajstić information content (AvgIpc) is 2.88. The summed E-state index contributed by atoms with van der Waals surface area (Å²) in [7, 11) is -3.53. The highest BCUT2D eigenvalue weighted by atomic mass is 32.2. The van der Waals surface area contributed by atoms with Gasteiger partial charge < -0.3 is 19.9 Å². The van der Waals surface area contributed by atoms with Crippen molar-refractivity contribution in [2.24, 2.45) is 5.92 Å². The largest absolute Gasteiger partial charge is 0.486 e. The summed E-state index contributed by atoms with van der Waals surface area (Å²) in [4.78, 5) is 12.9. The SMILES string of the molecule is C[C@H](CS(=O)(=O)N(C)C)C(=O)N[C@@H](Cc1ccccc1)[C@H](O)CN(C)S(=O)(=O)c1ccc2c(c1)OCCO2. The van der Waals surface area contributed by atoms with Crippen molar-refractivity contribution in [1.29, 1.82) is 0 Å². The van der Waals surface area contributed by atoms with Gasteiger partial charge in [-0.25, -0.2) is 21.1 Å². The summed E-state index contributed by atoms with van der Waals surface area (Å²) >= 11 is 0. The summed E-state index contributed by atoms with van der Waals surface area (Å²) in [6.45, 7) is 1.85. The van der Waals surface area contributed by atoms with Crippen LogP contribution in [-0.2, 0) is 31.3 Å². The number of carbonyl (C=O) groups excluding carboxylic acids is 1. The Balaban J connectivity index is 1.77. The first-order chi connectivity index (χ1) is 17.8. The number of hydrogen-bond donors (Lipinski definition) is 2. The normalized spacial score (nSPS) is 16.2. The maximum absolute atomic E-state index is 13.2. The third-order valence-corrected chi connectivity index (χ3v) is 10.1. The smallest absolute Gasteiger partial charge is 0.243 e. The van der Waals surface area contributed by atoms with E-state index in [1.807, 2.05) is 30.3 Å². The van der Waals surface area contributed by atoms with Gasteiger partial charge in [-0.15, -0.1) is 0 Å². The van der Waals surface area contributed by atoms with Gasteiger partial charge >= 0.3 is 0 Å². The minimum Gasteiger partial charge on any atom is -0.486 e. The minimum atomic E-state index is -4.01. The minimum absolute atomic E-state index is 0.0254. The van der Waals surface area contributed by atoms with Crippen LogP contribution in [0.5, 0.6) is 11.5 Å². The van der Waals surface area contributed by atoms with Crippen LogP contribution in [0.2, 0.25) is 0 Å². The maximum Gasteiger partial charge on any atom is 0.243 e. The van der Waals surface area contributed by atoms with Crippen LogP contribution in [0.3, 0.4) is 0 Å². The van der Waals surface area contributed by atoms with E-state index >= 15 is 0 Å². The molecule has 210 valence electrons. The monoisotopic (exact) mass is 569 g/mol. The van der Waals surface area contributed by atoms with Gasteiger partial charge in [0.1, 0.15) is 13.2 Å². The zero-order valence-electron chi connectivity index (χ0n) is 21.9. The molecule has 0 radical (unpaired) electrons. The summed E-state index contributed by atoms with van der Waals surface area (Å²) in [6, 6.07) is 12.5. The first-order valence-corrected chi connectivity index (χ1v) is 15.1. The molecule has 2 N–H and O–H groups in total. The maximum atomic E-state index is 13.2. The highest BCUT2D eigenvalue weighted by molar-refractivity contribution is 7.89. The summed E-state index contributed by atoms with van der Waals surface area (Å²) in [5.74, 6) is -1.09. The van der Waals surface area contributed by atoms with Gasteiger partial charge in [-0.05, 0) is 24.1 Å². The van der Waals surface area contributed by atoms with Crippen molar-refractivity contribution in [2.75, 3.05) is 46.7 Å². The molecule has 3 atom stereocenters. The van der Waals surface area contributed by atoms with Gasteiger partial charge in [-0.2, -0.15) is 4.31 Å². The quantitative estimate of drug-likeness (QED) is 0.380. The molecule has 13 heteroatoms. The predicted octanol–water partition coefficient (Wildman–Crippen LogP) is 0.694. The van der Waals surface area contributed by atoms with Crippen molar-refractivity contribution < 1.29 is 36.2 Å². The number of carbonyl (C=O) groups is 1. The molecular formula is C25H35N3O8S2. The van der Waals surface area contributed by atoms with E-state index in [0.29, 0.717) is 24.7 Å². The lowest BCUT2D eigenvalue weighted by Gasteiger charge is -2.29. The number of rotatable bonds is 12. The van der Waals surface area contributed by atoms with Crippen molar-refractivity contribution >= 4 is 26.0 Å². The van der Waals surface area contributed by atoms with E-state index in [2.05, 4.69) is 5.32 Å². The van der Waals surface area contributed by atoms with Gasteiger partial charge in [-0.3, -0.25) is 4.79 Å². The van der Waals surface area contributed by atoms with E-state index in [0.717, 1.165) is 14.2 Å². The standard InChI is InChI=1S/C25H35N3O8S2/c1-18(17-37(31,32)27(2)3)25(30)26-21(14-19-8-6-5-7-9-19)22(29)16-28(4)38(33,34)20-10-11-23-24(15-20)36-13-12-35-23/h5-11,15,18,21-22,29H,12-14,16-17H2,1-4H3,(H,26,30)/t18-,21+,22-/m1/s1. The van der Waals surface area contributed by atoms with Crippen LogP contribution in [-0.4, -0.2) is 95.3 Å². The van der Waals surface area contributed by atoms with E-state index in [4.69, 9.17) is 9.47 Å². The fourth-order valence-electron chi connectivity index (χ4n) is 3.87. The number of sulfonamides is 2. The number of ether oxygens (including phenoxy) is 2. The van der Waals surface area contributed by atoms with Crippen molar-refractivity contribution in [3.05, 3.63) is 54.1 Å². The Morgan fingerprint density at radius 2 is 1.63 bits per heavy atom. The Morgan fingerprint density at radius 3 is 2.26 bits per heavy atom. The van der Waals surface area contributed by atoms with Crippen LogP contribution in [0.4, 0.5) is 0 Å². The molecule has 0 saturated carbocycles. The van der Waals surface area contributed by atoms with E-state index in [1.54, 1.807) is 0 Å². The zero-order valence-corrected chi connectivity index (χ0v) is 23.5. The third-order valence-electron chi connectivity index (χ3n) is 6.22. The lowest BCUT2D eigenvalue weighted by Crippen LogP contribution is -2.51. The van der Waals surface area contributed by atoms with E-state index in [1.165, 1.54) is 46.3 Å². The van der Waals surface area contributed by atoms with Crippen molar-refractivity contribution in [1.82, 2.24) is 13.9 Å². The summed E-state index contributed by atoms with van der Waals surface area (Å²) in [5.41, 5.74) is 0.808. The molecule has 1 heterocycles. The Kier molecular flexibility index (Phi) is 9.76. The molecule has 0 saturated heterocycles. The van der Waals surface area contributed by atoms with Gasteiger partial charge in [-0.1, -0.05) is 37.3 Å². The van der Waals surface area contributed by atoms with Crippen LogP contribution >= 0.6 is 0 Å². The van der Waals surface area contributed by atoms with Crippen LogP contribution in [0.1, 0.15) is 12.5 Å². The third kappa shape index (κ3) is 7.44. The van der Waals surface area contributed by atoms with Crippen LogP contribution in [0, 0.1) is 5.92 Å². The molecule has 1 aliphatic rings. The molecule has 1 amide bonds. The van der Waals surface area contributed by atoms with E-state index in [9.17, 15) is 26.7 Å². The molecule has 0 spiro atoms. The lowest BCUT2D eigenvalue weighted by atomic mass is 10.00. The Hall–Kier alpha value is -2.71. The molecule has 0 unspecified atom stereocenters. The fraction of sp³-hybridized carbons (Fsp3) is 0.480. The average molecular weight is 570 g/mol. The molecule has 2 aromatic rings. The topological polar surface area (TPSA) is 143 Å². The number of amides is 1. The van der Waals surface area contributed by atoms with Crippen LogP contribution in [0.25, 0.3) is 0 Å². The zero-order chi connectivity index (χ0) is 28.1. The summed E-state index contributed by atoms with van der Waals surface area (Å²) < 4.78 is 64.0. The van der Waals surface area contributed by atoms with Crippen LogP contribution < -0.4 is 14.8 Å². The number of nitrogens with one attached hydrogen (secondary N) is 1. The second kappa shape index (κ2) is 12.4. The number of fused-ring (bicyclic) bond motifs is 1. The molecule has 0 bridgehead atoms. The number of aliphatic hydroxyl groups is 1. The molecule has 1 aliphatic heterocycles. The van der Waals surface area contributed by atoms with E-state index < -0.39 is 49.8 Å². The second-order valence-corrected chi connectivity index (χ2v) is 13.7. The highest BCUT2D eigenvalue weighted by Gasteiger charge is 2.31. The van der Waals surface area contributed by atoms with E-state index in [-0.39, 0.29) is 17.9 Å². The summed E-state index contributed by atoms with van der Waals surface area (Å²) in [6.07, 6.45) is -1.09. The number of hydrogen-bond acceptors (Lipinski definition) is 8. The second-order valence-electron chi connectivity index (χ2n) is 9.43. The lowest BCUT2D eigenvalue weighted by molar-refractivity contribution is -0.125. The Morgan fingerprint density at radius 1 is 1.00 bits per heavy atom. The molecule has 0 fully saturated rings. The van der Waals surface area contributed by atoms with Gasteiger partial charge in [0.25, 0.3) is 0 Å². The van der Waals surface area contributed by atoms with Crippen molar-refractivity contribution in [2.45, 2.75) is 30.4 Å². The van der Waals surface area contributed by atoms with Crippen molar-refractivity contribution in [3.8, 4) is 11.5 Å². The molecule has 11 nitrogen and oxygen atoms in total. The summed E-state index contributed by atoms with van der Waals surface area (Å²) in [5, 5.41) is 13.8.